The summed E-state index contributed by atoms with van der Waals surface area (Å²) in [6.07, 6.45) is -24.6. The van der Waals surface area contributed by atoms with Crippen molar-refractivity contribution in [2.75, 3.05) is 63.4 Å². The molecule has 0 aromatic heterocycles. The Morgan fingerprint density at radius 2 is 1.27 bits per heavy atom. The number of hydrogen-bond donors (Lipinski definition) is 1. The van der Waals surface area contributed by atoms with E-state index in [1.54, 1.807) is 6.07 Å². The Hall–Kier alpha value is -4.05. The van der Waals surface area contributed by atoms with E-state index in [1.165, 1.54) is 54.6 Å². The maximum atomic E-state index is 14.4. The maximum absolute atomic E-state index is 14.4. The van der Waals surface area contributed by atoms with Crippen molar-refractivity contribution in [1.29, 1.82) is 0 Å². The number of halogens is 1. The van der Waals surface area contributed by atoms with E-state index in [1.807, 2.05) is 5.32 Å². The van der Waals surface area contributed by atoms with E-state index >= 15 is 0 Å². The first-order chi connectivity index (χ1) is 44.6. The summed E-state index contributed by atoms with van der Waals surface area (Å²) in [6.45, 7) is -33.4. The molecular formula is C46H61ClN4O4. The van der Waals surface area contributed by atoms with Gasteiger partial charge in [-0.25, -0.2) is 0 Å². The number of methoxy groups -OCH3 is 2. The molecule has 6 rings (SSSR count). The van der Waals surface area contributed by atoms with Crippen molar-refractivity contribution < 1.29 is 82.1 Å². The summed E-state index contributed by atoms with van der Waals surface area (Å²) < 4.78 is 386. The minimum atomic E-state index is -4.95. The number of carbonyl (C=O) groups is 2. The topological polar surface area (TPSA) is 74.3 Å². The predicted molar refractivity (Wildman–Crippen MR) is 227 cm³/mol. The number of carbonyl (C=O) groups excluding carboxylic acids is 2. The summed E-state index contributed by atoms with van der Waals surface area (Å²) >= 11 is 4.68. The first-order valence-corrected chi connectivity index (χ1v) is 15.5. The molecule has 2 aliphatic rings. The van der Waals surface area contributed by atoms with Crippen molar-refractivity contribution in [2.24, 2.45) is 0 Å². The van der Waals surface area contributed by atoms with Crippen molar-refractivity contribution in [1.82, 2.24) is 9.80 Å². The number of ether oxygens (including phenoxy) is 2. The summed E-state index contributed by atoms with van der Waals surface area (Å²) in [5, 5.41) is 0.381. The molecular weight excluding hydrogens is 708 g/mol. The number of para-hydroxylation sites is 2. The largest absolute Gasteiger partial charge is 0.382 e. The highest BCUT2D eigenvalue weighted by molar-refractivity contribution is 6.63. The average Bonchev–Trinajstić information content (AvgIpc) is 0.654. The fraction of sp³-hybridized carbons (Fsp3) is 0.435. The molecule has 296 valence electrons. The molecule has 4 aromatic rings. The molecule has 4 aromatic carbocycles. The molecule has 2 aliphatic heterocycles. The minimum Gasteiger partial charge on any atom is -0.382 e. The van der Waals surface area contributed by atoms with Gasteiger partial charge in [0.15, 0.2) is 0 Å². The van der Waals surface area contributed by atoms with Crippen molar-refractivity contribution in [3.8, 4) is 0 Å². The number of amides is 1. The van der Waals surface area contributed by atoms with E-state index in [4.69, 9.17) is 57.6 Å². The van der Waals surface area contributed by atoms with Crippen LogP contribution in [-0.4, -0.2) is 85.2 Å². The predicted octanol–water partition coefficient (Wildman–Crippen LogP) is 9.05. The van der Waals surface area contributed by atoms with Gasteiger partial charge < -0.3 is 19.7 Å². The normalized spacial score (nSPS) is 37.9. The smallest absolute Gasteiger partial charge is 0.227 e. The van der Waals surface area contributed by atoms with E-state index < -0.39 is 217 Å². The van der Waals surface area contributed by atoms with Gasteiger partial charge >= 0.3 is 0 Å². The lowest BCUT2D eigenvalue weighted by Crippen LogP contribution is -2.60. The van der Waals surface area contributed by atoms with Gasteiger partial charge in [-0.3, -0.25) is 19.4 Å². The summed E-state index contributed by atoms with van der Waals surface area (Å²) in [7, 11) is -7.80. The van der Waals surface area contributed by atoms with Gasteiger partial charge in [-0.2, -0.15) is 0 Å². The van der Waals surface area contributed by atoms with Gasteiger partial charge in [0.1, 0.15) is 0 Å². The highest BCUT2D eigenvalue weighted by atomic mass is 35.5. The van der Waals surface area contributed by atoms with E-state index in [-0.39, 0.29) is 20.9 Å². The van der Waals surface area contributed by atoms with Crippen LogP contribution in [0.25, 0.3) is 0 Å². The molecule has 0 aliphatic carbocycles. The third kappa shape index (κ3) is 13.9. The van der Waals surface area contributed by atoms with Crippen LogP contribution in [0.5, 0.6) is 0 Å². The summed E-state index contributed by atoms with van der Waals surface area (Å²) in [6, 6.07) is 1.84. The minimum absolute atomic E-state index is 0.0263. The monoisotopic (exact) mass is 815 g/mol. The van der Waals surface area contributed by atoms with Crippen molar-refractivity contribution in [2.45, 2.75) is 76.1 Å². The highest BCUT2D eigenvalue weighted by Crippen LogP contribution is 2.35. The van der Waals surface area contributed by atoms with Crippen LogP contribution in [0.15, 0.2) is 121 Å². The van der Waals surface area contributed by atoms with Gasteiger partial charge in [-0.05, 0) is 72.4 Å². The number of anilines is 2. The van der Waals surface area contributed by atoms with E-state index in [0.29, 0.717) is 0 Å². The standard InChI is InChI=1S/C23H30N2O2.C20H26N2O.C3H5ClO/c1-3-22(26)25(21-12-8-5-9-13-21)23(19-27-2)14-16-24(17-15-23)18-20-10-6-4-7-11-20;1-23-17-20(21-19-10-6-3-7-11-19)12-14-22(15-13-20)16-18-8-4-2-5-9-18;1-2-3(4)5/h4-13H,3,14-19H2,1-2H3;2-11,21H,12-17H2,1H3;2H2,1H3/i1D3,2D3,3D2,5D,8D,9D,12D,13D,14D2,15D2,16D2,17D2,19D2;1D3,3D,6D,7D,10D,11D,12D2,13D2,14D2,15D2,17D2;1D3,2D2. The highest BCUT2D eigenvalue weighted by Gasteiger charge is 2.43. The number of hydrogen-bond acceptors (Lipinski definition) is 7. The Balaban J connectivity index is 0.000000382. The van der Waals surface area contributed by atoms with Gasteiger partial charge in [0, 0.05) is 113 Å². The first kappa shape index (κ1) is 12.7. The summed E-state index contributed by atoms with van der Waals surface area (Å²) in [5.41, 5.74) is -11.7. The third-order valence-electron chi connectivity index (χ3n) is 6.54. The molecule has 8 nitrogen and oxygen atoms in total. The Bertz CT molecular complexity index is 3610. The van der Waals surface area contributed by atoms with Crippen LogP contribution in [0.1, 0.15) is 126 Å². The molecule has 55 heavy (non-hydrogen) atoms. The van der Waals surface area contributed by atoms with Crippen molar-refractivity contribution in [3.63, 3.8) is 0 Å². The molecule has 1 amide bonds. The molecule has 1 N–H and O–H groups in total. The molecule has 9 heteroatoms. The third-order valence-corrected chi connectivity index (χ3v) is 6.63. The number of nitrogens with zero attached hydrogens (tertiary/aromatic N) is 3. The lowest BCUT2D eigenvalue weighted by Gasteiger charge is -2.48. The molecule has 2 fully saturated rings. The number of rotatable bonds is 14. The van der Waals surface area contributed by atoms with Crippen LogP contribution >= 0.6 is 11.6 Å². The number of nitrogens with one attached hydrogen (secondary N) is 1. The zero-order valence-corrected chi connectivity index (χ0v) is 28.8. The molecule has 0 atom stereocenters. The second-order valence-electron chi connectivity index (χ2n) is 10.2. The second-order valence-corrected chi connectivity index (χ2v) is 10.6. The van der Waals surface area contributed by atoms with Crippen LogP contribution in [0.4, 0.5) is 11.4 Å². The molecule has 2 heterocycles. The molecule has 0 bridgehead atoms. The van der Waals surface area contributed by atoms with Crippen LogP contribution in [0.2, 0.25) is 0 Å². The molecule has 0 spiro atoms. The van der Waals surface area contributed by atoms with Crippen LogP contribution in [0.3, 0.4) is 0 Å². The maximum Gasteiger partial charge on any atom is 0.227 e. The number of piperidine rings is 2. The Labute approximate surface area is 399 Å². The van der Waals surface area contributed by atoms with Gasteiger partial charge in [-0.1, -0.05) is 111 Å². The summed E-state index contributed by atoms with van der Waals surface area (Å²) in [5.74, 6) is -2.79. The SMILES string of the molecule is [2H]C([2H])([2H])C([2H])([2H])C(=O)Cl.[2H]c1c([2H])c([2H])c(N(C(=O)C([2H])([2H])C([2H])([2H])[2H])C2(C([2H])([2H])OC([2H])([2H])[2H])C([2H])([2H])C([2H])([2H])N(Cc3ccccc3)C([2H])([2H])C2([2H])[2H])c([2H])c1[2H].[2H]c1c([2H])c([2H])c(NC2(C([2H])([2H])OC([2H])([2H])[2H])C([2H])([2H])C([2H])([2H])N(Cc3ccccc3)C([2H])([2H])C2([2H])[2H])c([2H])c1[2H]. The zero-order valence-electron chi connectivity index (χ0n) is 74.0. The number of likely N-dealkylation sites (tertiary alicyclic amines) is 2. The van der Waals surface area contributed by atoms with Crippen molar-refractivity contribution >= 4 is 34.1 Å². The molecule has 0 unspecified atom stereocenters. The number of benzene rings is 4. The summed E-state index contributed by atoms with van der Waals surface area (Å²) in [4.78, 5) is 23.7. The first-order valence-electron chi connectivity index (χ1n) is 38.1. The van der Waals surface area contributed by atoms with Gasteiger partial charge in [0.05, 0.1) is 51.6 Å². The van der Waals surface area contributed by atoms with Crippen molar-refractivity contribution in [3.05, 3.63) is 132 Å². The average molecular weight is 816 g/mol. The van der Waals surface area contributed by atoms with Crippen LogP contribution in [0, 0.1) is 0 Å². The molecule has 2 saturated heterocycles. The quantitative estimate of drug-likeness (QED) is 0.127. The zero-order chi connectivity index (χ0) is 79.6. The fourth-order valence-electron chi connectivity index (χ4n) is 4.24. The Morgan fingerprint density at radius 1 is 0.764 bits per heavy atom. The lowest BCUT2D eigenvalue weighted by molar-refractivity contribution is -0.120. The Morgan fingerprint density at radius 3 is 1.76 bits per heavy atom. The molecule has 0 radical (unpaired) electrons. The van der Waals surface area contributed by atoms with Crippen LogP contribution in [-0.2, 0) is 32.2 Å². The van der Waals surface area contributed by atoms with Gasteiger partial charge in [0.2, 0.25) is 11.1 Å². The fourth-order valence-corrected chi connectivity index (χ4v) is 4.24. The van der Waals surface area contributed by atoms with E-state index in [9.17, 15) is 15.1 Å². The van der Waals surface area contributed by atoms with Crippen LogP contribution < -0.4 is 10.2 Å². The van der Waals surface area contributed by atoms with Gasteiger partial charge in [0.25, 0.3) is 0 Å². The molecule has 0 saturated carbocycles. The lowest BCUT2D eigenvalue weighted by atomic mass is 9.85. The van der Waals surface area contributed by atoms with E-state index in [0.717, 1.165) is 0 Å². The second kappa shape index (κ2) is 23.1. The Kier molecular flexibility index (Phi) is 5.35. The van der Waals surface area contributed by atoms with Gasteiger partial charge in [-0.15, -0.1) is 0 Å². The van der Waals surface area contributed by atoms with E-state index in [2.05, 4.69) is 21.1 Å².